The number of nitrogens with one attached hydrogen (secondary N) is 2. The maximum Gasteiger partial charge on any atom is 0.245 e. The van der Waals surface area contributed by atoms with E-state index in [2.05, 4.69) is 5.32 Å². The monoisotopic (exact) mass is 304 g/mol. The van der Waals surface area contributed by atoms with E-state index in [0.29, 0.717) is 17.9 Å². The number of guanidine groups is 1. The molecule has 1 fully saturated rings. The highest BCUT2D eigenvalue weighted by Crippen LogP contribution is 2.26. The van der Waals surface area contributed by atoms with E-state index in [0.717, 1.165) is 12.8 Å². The Labute approximate surface area is 128 Å². The zero-order chi connectivity index (χ0) is 16.1. The first kappa shape index (κ1) is 15.7. The zero-order valence-corrected chi connectivity index (χ0v) is 12.4. The standard InChI is InChI=1S/C15H20N4O3/c1-22-12-6-4-10(9-11(12)20)5-7-14(21)18-13-3-2-8-19(13)15(16)17/h4-7,9,13,20H,2-3,8H2,1H3,(H3,16,17)(H,18,21)/b7-5+/t13-/m0/s1. The highest BCUT2D eigenvalue weighted by Gasteiger charge is 2.26. The fraction of sp³-hybridized carbons (Fsp3) is 0.333. The van der Waals surface area contributed by atoms with Crippen molar-refractivity contribution >= 4 is 17.9 Å². The van der Waals surface area contributed by atoms with Gasteiger partial charge in [0, 0.05) is 12.6 Å². The number of phenolic OH excluding ortho intramolecular Hbond substituents is 1. The Morgan fingerprint density at radius 3 is 3.00 bits per heavy atom. The van der Waals surface area contributed by atoms with E-state index in [1.54, 1.807) is 23.1 Å². The van der Waals surface area contributed by atoms with E-state index in [1.807, 2.05) is 0 Å². The van der Waals surface area contributed by atoms with Crippen molar-refractivity contribution in [3.8, 4) is 11.5 Å². The van der Waals surface area contributed by atoms with E-state index in [4.69, 9.17) is 15.9 Å². The van der Waals surface area contributed by atoms with Crippen molar-refractivity contribution in [2.24, 2.45) is 5.73 Å². The highest BCUT2D eigenvalue weighted by atomic mass is 16.5. The lowest BCUT2D eigenvalue weighted by Crippen LogP contribution is -2.48. The van der Waals surface area contributed by atoms with Crippen LogP contribution in [0.2, 0.25) is 0 Å². The summed E-state index contributed by atoms with van der Waals surface area (Å²) in [7, 11) is 1.47. The van der Waals surface area contributed by atoms with Crippen LogP contribution in [0.3, 0.4) is 0 Å². The molecular formula is C15H20N4O3. The highest BCUT2D eigenvalue weighted by molar-refractivity contribution is 5.92. The summed E-state index contributed by atoms with van der Waals surface area (Å²) in [5.41, 5.74) is 6.16. The van der Waals surface area contributed by atoms with Crippen LogP contribution in [-0.4, -0.2) is 41.7 Å². The molecule has 22 heavy (non-hydrogen) atoms. The number of carbonyl (C=O) groups excluding carboxylic acids is 1. The fourth-order valence-corrected chi connectivity index (χ4v) is 2.40. The largest absolute Gasteiger partial charge is 0.504 e. The second kappa shape index (κ2) is 6.84. The number of hydrogen-bond acceptors (Lipinski definition) is 4. The summed E-state index contributed by atoms with van der Waals surface area (Å²) in [5.74, 6) is 0.0913. The molecule has 118 valence electrons. The van der Waals surface area contributed by atoms with Crippen molar-refractivity contribution in [3.63, 3.8) is 0 Å². The number of carbonyl (C=O) groups is 1. The molecule has 0 aromatic heterocycles. The Morgan fingerprint density at radius 1 is 1.59 bits per heavy atom. The summed E-state index contributed by atoms with van der Waals surface area (Å²) in [4.78, 5) is 13.6. The number of methoxy groups -OCH3 is 1. The summed E-state index contributed by atoms with van der Waals surface area (Å²) in [6.45, 7) is 0.677. The van der Waals surface area contributed by atoms with Gasteiger partial charge in [0.15, 0.2) is 17.5 Å². The molecule has 0 aliphatic carbocycles. The molecule has 0 radical (unpaired) electrons. The van der Waals surface area contributed by atoms with Gasteiger partial charge in [0.25, 0.3) is 0 Å². The Hall–Kier alpha value is -2.70. The van der Waals surface area contributed by atoms with Gasteiger partial charge in [0.05, 0.1) is 7.11 Å². The lowest BCUT2D eigenvalue weighted by atomic mass is 10.2. The Bertz CT molecular complexity index is 600. The average molecular weight is 304 g/mol. The molecule has 1 aromatic rings. The van der Waals surface area contributed by atoms with Gasteiger partial charge in [-0.05, 0) is 36.6 Å². The number of amides is 1. The summed E-state index contributed by atoms with van der Waals surface area (Å²) >= 11 is 0. The average Bonchev–Trinajstić information content (AvgIpc) is 2.93. The van der Waals surface area contributed by atoms with Crippen molar-refractivity contribution in [2.45, 2.75) is 19.0 Å². The summed E-state index contributed by atoms with van der Waals surface area (Å²) in [6.07, 6.45) is 4.40. The lowest BCUT2D eigenvalue weighted by molar-refractivity contribution is -0.117. The molecule has 0 bridgehead atoms. The maximum absolute atomic E-state index is 11.9. The van der Waals surface area contributed by atoms with Crippen LogP contribution in [-0.2, 0) is 4.79 Å². The minimum absolute atomic E-state index is 0.0172. The molecule has 1 aliphatic rings. The van der Waals surface area contributed by atoms with Crippen LogP contribution in [0.1, 0.15) is 18.4 Å². The first-order valence-corrected chi connectivity index (χ1v) is 6.97. The predicted molar refractivity (Wildman–Crippen MR) is 83.5 cm³/mol. The summed E-state index contributed by atoms with van der Waals surface area (Å²) < 4.78 is 4.96. The van der Waals surface area contributed by atoms with Crippen LogP contribution in [0.5, 0.6) is 11.5 Å². The number of rotatable bonds is 4. The number of ether oxygens (including phenoxy) is 1. The van der Waals surface area contributed by atoms with Gasteiger partial charge in [-0.15, -0.1) is 0 Å². The third-order valence-corrected chi connectivity index (χ3v) is 3.50. The van der Waals surface area contributed by atoms with Crippen LogP contribution in [0.4, 0.5) is 0 Å². The van der Waals surface area contributed by atoms with Crippen LogP contribution < -0.4 is 15.8 Å². The van der Waals surface area contributed by atoms with Crippen molar-refractivity contribution in [1.82, 2.24) is 10.2 Å². The van der Waals surface area contributed by atoms with Crippen LogP contribution in [0.25, 0.3) is 6.08 Å². The number of nitrogens with zero attached hydrogens (tertiary/aromatic N) is 1. The number of phenols is 1. The van der Waals surface area contributed by atoms with E-state index in [1.165, 1.54) is 19.3 Å². The minimum Gasteiger partial charge on any atom is -0.504 e. The third-order valence-electron chi connectivity index (χ3n) is 3.50. The molecule has 1 heterocycles. The number of aromatic hydroxyl groups is 1. The van der Waals surface area contributed by atoms with Gasteiger partial charge in [0.1, 0.15) is 6.17 Å². The van der Waals surface area contributed by atoms with E-state index < -0.39 is 0 Å². The van der Waals surface area contributed by atoms with Gasteiger partial charge in [0.2, 0.25) is 5.91 Å². The van der Waals surface area contributed by atoms with Crippen molar-refractivity contribution in [2.75, 3.05) is 13.7 Å². The predicted octanol–water partition coefficient (Wildman–Crippen LogP) is 0.846. The molecule has 1 amide bonds. The molecule has 7 nitrogen and oxygen atoms in total. The molecule has 1 aromatic carbocycles. The number of likely N-dealkylation sites (tertiary alicyclic amines) is 1. The van der Waals surface area contributed by atoms with Gasteiger partial charge in [-0.25, -0.2) is 0 Å². The Kier molecular flexibility index (Phi) is 4.88. The normalized spacial score (nSPS) is 17.7. The van der Waals surface area contributed by atoms with Gasteiger partial charge < -0.3 is 25.8 Å². The molecule has 7 heteroatoms. The van der Waals surface area contributed by atoms with Gasteiger partial charge in [-0.1, -0.05) is 6.07 Å². The number of nitrogens with two attached hydrogens (primary N) is 1. The Morgan fingerprint density at radius 2 is 2.36 bits per heavy atom. The van der Waals surface area contributed by atoms with Crippen LogP contribution in [0.15, 0.2) is 24.3 Å². The first-order valence-electron chi connectivity index (χ1n) is 6.97. The fourth-order valence-electron chi connectivity index (χ4n) is 2.40. The van der Waals surface area contributed by atoms with Crippen molar-refractivity contribution in [1.29, 1.82) is 5.41 Å². The van der Waals surface area contributed by atoms with Gasteiger partial charge in [-0.2, -0.15) is 0 Å². The van der Waals surface area contributed by atoms with Gasteiger partial charge in [-0.3, -0.25) is 10.2 Å². The topological polar surface area (TPSA) is 112 Å². The SMILES string of the molecule is COc1ccc(/C=C/C(=O)N[C@@H]2CCCN2C(=N)N)cc1O. The minimum atomic E-state index is -0.270. The molecule has 1 atom stereocenters. The molecule has 0 saturated carbocycles. The summed E-state index contributed by atoms with van der Waals surface area (Å²) in [5, 5.41) is 19.9. The third kappa shape index (κ3) is 3.69. The molecule has 1 saturated heterocycles. The van der Waals surface area contributed by atoms with Crippen LogP contribution in [0, 0.1) is 5.41 Å². The van der Waals surface area contributed by atoms with E-state index in [-0.39, 0.29) is 23.8 Å². The molecule has 1 aliphatic heterocycles. The Balaban J connectivity index is 1.96. The first-order chi connectivity index (χ1) is 10.5. The zero-order valence-electron chi connectivity index (χ0n) is 12.4. The quantitative estimate of drug-likeness (QED) is 0.374. The molecule has 0 spiro atoms. The molecule has 5 N–H and O–H groups in total. The van der Waals surface area contributed by atoms with Crippen molar-refractivity contribution < 1.29 is 14.6 Å². The molecular weight excluding hydrogens is 284 g/mol. The van der Waals surface area contributed by atoms with Crippen molar-refractivity contribution in [3.05, 3.63) is 29.8 Å². The maximum atomic E-state index is 11.9. The second-order valence-electron chi connectivity index (χ2n) is 5.01. The number of hydrogen-bond donors (Lipinski definition) is 4. The van der Waals surface area contributed by atoms with E-state index >= 15 is 0 Å². The summed E-state index contributed by atoms with van der Waals surface area (Å²) in [6, 6.07) is 4.88. The molecule has 2 rings (SSSR count). The molecule has 0 unspecified atom stereocenters. The number of benzene rings is 1. The van der Waals surface area contributed by atoms with E-state index in [9.17, 15) is 9.90 Å². The lowest BCUT2D eigenvalue weighted by Gasteiger charge is -2.24. The van der Waals surface area contributed by atoms with Crippen LogP contribution >= 0.6 is 0 Å². The smallest absolute Gasteiger partial charge is 0.245 e. The second-order valence-corrected chi connectivity index (χ2v) is 5.01. The van der Waals surface area contributed by atoms with Gasteiger partial charge >= 0.3 is 0 Å².